The molecule has 1 aliphatic carbocycles. The lowest BCUT2D eigenvalue weighted by Gasteiger charge is -2.20. The van der Waals surface area contributed by atoms with Gasteiger partial charge in [0.25, 0.3) is 0 Å². The highest BCUT2D eigenvalue weighted by molar-refractivity contribution is 8.10. The summed E-state index contributed by atoms with van der Waals surface area (Å²) in [5.74, 6) is 1.35. The summed E-state index contributed by atoms with van der Waals surface area (Å²) in [7, 11) is 0. The van der Waals surface area contributed by atoms with Crippen LogP contribution < -0.4 is 0 Å². The van der Waals surface area contributed by atoms with E-state index >= 15 is 0 Å². The minimum absolute atomic E-state index is 0.578. The van der Waals surface area contributed by atoms with Crippen molar-refractivity contribution in [1.29, 1.82) is 0 Å². The first-order valence-electron chi connectivity index (χ1n) is 8.76. The van der Waals surface area contributed by atoms with Gasteiger partial charge >= 0.3 is 0 Å². The van der Waals surface area contributed by atoms with Crippen molar-refractivity contribution in [2.24, 2.45) is 11.8 Å². The standard InChI is InChI=1S/C22H30S/c1-6-23-22(16(2)3)21-13-11-19(12-14-21)15-17(4)18(5)20-9-7-8-10-20/h6,11-14,17,20H,1,5,7-10,15H2,2-4H3. The van der Waals surface area contributed by atoms with E-state index in [1.807, 2.05) is 5.41 Å². The van der Waals surface area contributed by atoms with Gasteiger partial charge in [0.15, 0.2) is 0 Å². The molecule has 0 bridgehead atoms. The minimum Gasteiger partial charge on any atom is -0.0993 e. The lowest BCUT2D eigenvalue weighted by atomic mass is 9.85. The summed E-state index contributed by atoms with van der Waals surface area (Å²) in [6.45, 7) is 14.9. The van der Waals surface area contributed by atoms with Crippen molar-refractivity contribution in [3.63, 3.8) is 0 Å². The molecule has 1 aliphatic rings. The summed E-state index contributed by atoms with van der Waals surface area (Å²) in [5.41, 5.74) is 5.52. The van der Waals surface area contributed by atoms with Gasteiger partial charge in [0.2, 0.25) is 0 Å². The molecule has 23 heavy (non-hydrogen) atoms. The lowest BCUT2D eigenvalue weighted by Crippen LogP contribution is -2.09. The molecule has 0 heterocycles. The van der Waals surface area contributed by atoms with Gasteiger partial charge in [-0.3, -0.25) is 0 Å². The van der Waals surface area contributed by atoms with E-state index in [9.17, 15) is 0 Å². The third kappa shape index (κ3) is 4.88. The third-order valence-electron chi connectivity index (χ3n) is 4.93. The SMILES string of the molecule is C=CSC(=C(C)C)c1ccc(CC(C)C(=C)C2CCCC2)cc1. The summed E-state index contributed by atoms with van der Waals surface area (Å²) >= 11 is 1.71. The van der Waals surface area contributed by atoms with Crippen molar-refractivity contribution in [3.05, 3.63) is 65.1 Å². The summed E-state index contributed by atoms with van der Waals surface area (Å²) < 4.78 is 0. The fourth-order valence-corrected chi connectivity index (χ4v) is 4.21. The molecule has 0 amide bonds. The molecule has 0 radical (unpaired) electrons. The second-order valence-corrected chi connectivity index (χ2v) is 7.95. The van der Waals surface area contributed by atoms with Crippen LogP contribution in [0.3, 0.4) is 0 Å². The molecule has 1 atom stereocenters. The second kappa shape index (κ2) is 8.59. The molecule has 2 rings (SSSR count). The molecule has 0 N–H and O–H groups in total. The van der Waals surface area contributed by atoms with Gasteiger partial charge in [-0.05, 0) is 61.5 Å². The highest BCUT2D eigenvalue weighted by atomic mass is 32.2. The van der Waals surface area contributed by atoms with E-state index < -0.39 is 0 Å². The van der Waals surface area contributed by atoms with Crippen LogP contribution in [0.5, 0.6) is 0 Å². The van der Waals surface area contributed by atoms with Crippen LogP contribution >= 0.6 is 11.8 Å². The molecule has 1 heteroatoms. The number of hydrogen-bond acceptors (Lipinski definition) is 1. The van der Waals surface area contributed by atoms with Crippen molar-refractivity contribution in [3.8, 4) is 0 Å². The van der Waals surface area contributed by atoms with E-state index in [-0.39, 0.29) is 0 Å². The van der Waals surface area contributed by atoms with Gasteiger partial charge < -0.3 is 0 Å². The smallest absolute Gasteiger partial charge is 0.0175 e. The van der Waals surface area contributed by atoms with Crippen molar-refractivity contribution in [2.45, 2.75) is 52.9 Å². The monoisotopic (exact) mass is 326 g/mol. The van der Waals surface area contributed by atoms with Gasteiger partial charge in [0.05, 0.1) is 0 Å². The molecule has 0 spiro atoms. The van der Waals surface area contributed by atoms with Gasteiger partial charge in [-0.15, -0.1) is 0 Å². The van der Waals surface area contributed by atoms with Crippen molar-refractivity contribution in [2.75, 3.05) is 0 Å². The molecule has 0 saturated heterocycles. The minimum atomic E-state index is 0.578. The number of benzene rings is 1. The third-order valence-corrected chi connectivity index (χ3v) is 5.97. The van der Waals surface area contributed by atoms with Crippen LogP contribution in [0.25, 0.3) is 4.91 Å². The number of allylic oxidation sites excluding steroid dienone is 2. The van der Waals surface area contributed by atoms with E-state index in [2.05, 4.69) is 58.2 Å². The Hall–Kier alpha value is -1.21. The van der Waals surface area contributed by atoms with Crippen LogP contribution in [0, 0.1) is 11.8 Å². The summed E-state index contributed by atoms with van der Waals surface area (Å²) in [6, 6.07) is 9.05. The predicted molar refractivity (Wildman–Crippen MR) is 106 cm³/mol. The maximum absolute atomic E-state index is 4.40. The Morgan fingerprint density at radius 2 is 1.83 bits per heavy atom. The zero-order chi connectivity index (χ0) is 16.8. The van der Waals surface area contributed by atoms with Crippen LogP contribution in [0.4, 0.5) is 0 Å². The fraction of sp³-hybridized carbons (Fsp3) is 0.455. The molecule has 1 fully saturated rings. The van der Waals surface area contributed by atoms with Crippen molar-refractivity contribution in [1.82, 2.24) is 0 Å². The normalized spacial score (nSPS) is 16.1. The molecule has 1 aromatic rings. The first-order valence-corrected chi connectivity index (χ1v) is 9.64. The van der Waals surface area contributed by atoms with Crippen LogP contribution in [-0.4, -0.2) is 0 Å². The van der Waals surface area contributed by atoms with Gasteiger partial charge in [-0.2, -0.15) is 0 Å². The summed E-state index contributed by atoms with van der Waals surface area (Å²) in [4.78, 5) is 1.31. The van der Waals surface area contributed by atoms with Crippen LogP contribution in [-0.2, 0) is 6.42 Å². The summed E-state index contributed by atoms with van der Waals surface area (Å²) in [5, 5.41) is 1.91. The van der Waals surface area contributed by atoms with Gasteiger partial charge in [-0.1, -0.05) is 80.1 Å². The fourth-order valence-electron chi connectivity index (χ4n) is 3.53. The highest BCUT2D eigenvalue weighted by Gasteiger charge is 2.21. The first-order chi connectivity index (χ1) is 11.0. The maximum atomic E-state index is 4.40. The molecule has 1 saturated carbocycles. The van der Waals surface area contributed by atoms with Gasteiger partial charge in [0.1, 0.15) is 0 Å². The van der Waals surface area contributed by atoms with Gasteiger partial charge in [0, 0.05) is 4.91 Å². The molecule has 0 aromatic heterocycles. The number of thioether (sulfide) groups is 1. The van der Waals surface area contributed by atoms with Crippen molar-refractivity contribution >= 4 is 16.7 Å². The van der Waals surface area contributed by atoms with Crippen LogP contribution in [0.2, 0.25) is 0 Å². The molecule has 0 aliphatic heterocycles. The Kier molecular flexibility index (Phi) is 6.77. The zero-order valence-electron chi connectivity index (χ0n) is 14.9. The quantitative estimate of drug-likeness (QED) is 0.476. The first kappa shape index (κ1) is 18.1. The average Bonchev–Trinajstić information content (AvgIpc) is 3.07. The van der Waals surface area contributed by atoms with Crippen LogP contribution in [0.15, 0.2) is 54.0 Å². The lowest BCUT2D eigenvalue weighted by molar-refractivity contribution is 0.533. The molecule has 1 aromatic carbocycles. The average molecular weight is 327 g/mol. The van der Waals surface area contributed by atoms with E-state index in [4.69, 9.17) is 0 Å². The van der Waals surface area contributed by atoms with Crippen LogP contribution in [0.1, 0.15) is 57.6 Å². The predicted octanol–water partition coefficient (Wildman–Crippen LogP) is 7.24. The van der Waals surface area contributed by atoms with E-state index in [1.54, 1.807) is 11.8 Å². The van der Waals surface area contributed by atoms with Gasteiger partial charge in [-0.25, -0.2) is 0 Å². The second-order valence-electron chi connectivity index (χ2n) is 6.97. The van der Waals surface area contributed by atoms with E-state index in [0.29, 0.717) is 5.92 Å². The Balaban J connectivity index is 2.03. The molecular weight excluding hydrogens is 296 g/mol. The van der Waals surface area contributed by atoms with E-state index in [0.717, 1.165) is 12.3 Å². The topological polar surface area (TPSA) is 0 Å². The summed E-state index contributed by atoms with van der Waals surface area (Å²) in [6.07, 6.45) is 6.58. The number of rotatable bonds is 7. The largest absolute Gasteiger partial charge is 0.0993 e. The molecule has 1 unspecified atom stereocenters. The van der Waals surface area contributed by atoms with Crippen molar-refractivity contribution < 1.29 is 0 Å². The Morgan fingerprint density at radius 3 is 2.35 bits per heavy atom. The molecule has 124 valence electrons. The maximum Gasteiger partial charge on any atom is 0.0175 e. The van der Waals surface area contributed by atoms with E-state index in [1.165, 1.54) is 52.9 Å². The number of hydrogen-bond donors (Lipinski definition) is 0. The Bertz CT molecular complexity index is 566. The highest BCUT2D eigenvalue weighted by Crippen LogP contribution is 2.35. The molecular formula is C22H30S. The zero-order valence-corrected chi connectivity index (χ0v) is 15.7. The molecule has 0 nitrogen and oxygen atoms in total. The Morgan fingerprint density at radius 1 is 1.22 bits per heavy atom. The Labute approximate surface area is 146 Å².